The molecular formula is C14H17ClFNO. The van der Waals surface area contributed by atoms with Crippen LogP contribution >= 0.6 is 11.6 Å². The molecule has 2 aliphatic rings. The summed E-state index contributed by atoms with van der Waals surface area (Å²) in [5.74, 6) is 0.183. The fraction of sp³-hybridized carbons (Fsp3) is 0.571. The van der Waals surface area contributed by atoms with Crippen molar-refractivity contribution in [3.63, 3.8) is 0 Å². The Morgan fingerprint density at radius 2 is 2.28 bits per heavy atom. The number of nitrogens with zero attached hydrogens (tertiary/aromatic N) is 1. The third-order valence-electron chi connectivity index (χ3n) is 3.98. The van der Waals surface area contributed by atoms with Crippen LogP contribution in [0.25, 0.3) is 0 Å². The highest BCUT2D eigenvalue weighted by Gasteiger charge is 2.37. The van der Waals surface area contributed by atoms with Crippen LogP contribution in [0.1, 0.15) is 24.8 Å². The smallest absolute Gasteiger partial charge is 0.146 e. The first-order chi connectivity index (χ1) is 8.81. The second-order valence-electron chi connectivity index (χ2n) is 4.98. The Labute approximate surface area is 112 Å². The van der Waals surface area contributed by atoms with Crippen molar-refractivity contribution in [2.75, 3.05) is 18.1 Å². The van der Waals surface area contributed by atoms with Crippen molar-refractivity contribution in [3.8, 4) is 0 Å². The quantitative estimate of drug-likeness (QED) is 0.764. The Morgan fingerprint density at radius 3 is 3.11 bits per heavy atom. The van der Waals surface area contributed by atoms with Crippen molar-refractivity contribution < 1.29 is 9.13 Å². The first kappa shape index (κ1) is 12.2. The first-order valence-electron chi connectivity index (χ1n) is 6.53. The zero-order valence-electron chi connectivity index (χ0n) is 10.2. The van der Waals surface area contributed by atoms with Crippen LogP contribution < -0.4 is 4.90 Å². The lowest BCUT2D eigenvalue weighted by atomic mass is 10.1. The van der Waals surface area contributed by atoms with Gasteiger partial charge in [-0.1, -0.05) is 12.1 Å². The number of benzene rings is 1. The van der Waals surface area contributed by atoms with Crippen molar-refractivity contribution in [3.05, 3.63) is 29.6 Å². The summed E-state index contributed by atoms with van der Waals surface area (Å²) in [7, 11) is 0. The van der Waals surface area contributed by atoms with E-state index in [0.717, 1.165) is 31.4 Å². The lowest BCUT2D eigenvalue weighted by Crippen LogP contribution is -2.49. The van der Waals surface area contributed by atoms with Crippen molar-refractivity contribution in [1.82, 2.24) is 0 Å². The number of ether oxygens (including phenoxy) is 1. The van der Waals surface area contributed by atoms with E-state index in [4.69, 9.17) is 16.3 Å². The summed E-state index contributed by atoms with van der Waals surface area (Å²) in [6, 6.07) is 5.47. The van der Waals surface area contributed by atoms with Crippen LogP contribution in [0, 0.1) is 5.82 Å². The van der Waals surface area contributed by atoms with Crippen LogP contribution in [0.3, 0.4) is 0 Å². The van der Waals surface area contributed by atoms with Crippen molar-refractivity contribution in [2.45, 2.75) is 37.3 Å². The first-order valence-corrected chi connectivity index (χ1v) is 7.06. The van der Waals surface area contributed by atoms with Gasteiger partial charge in [-0.3, -0.25) is 0 Å². The third kappa shape index (κ3) is 1.99. The Hall–Kier alpha value is -0.800. The maximum Gasteiger partial charge on any atom is 0.146 e. The third-order valence-corrected chi connectivity index (χ3v) is 4.27. The molecule has 18 heavy (non-hydrogen) atoms. The minimum atomic E-state index is -0.166. The van der Waals surface area contributed by atoms with E-state index in [1.165, 1.54) is 6.07 Å². The molecule has 1 saturated heterocycles. The Balaban J connectivity index is 1.98. The van der Waals surface area contributed by atoms with Crippen molar-refractivity contribution >= 4 is 17.3 Å². The van der Waals surface area contributed by atoms with E-state index in [2.05, 4.69) is 4.90 Å². The molecule has 3 rings (SSSR count). The van der Waals surface area contributed by atoms with Gasteiger partial charge in [0.25, 0.3) is 0 Å². The molecular weight excluding hydrogens is 253 g/mol. The van der Waals surface area contributed by atoms with Gasteiger partial charge in [-0.05, 0) is 30.9 Å². The normalized spacial score (nSPS) is 27.3. The molecule has 0 amide bonds. The highest BCUT2D eigenvalue weighted by Crippen LogP contribution is 2.36. The number of hydrogen-bond donors (Lipinski definition) is 0. The molecule has 0 N–H and O–H groups in total. The highest BCUT2D eigenvalue weighted by molar-refractivity contribution is 6.17. The average molecular weight is 270 g/mol. The molecule has 0 radical (unpaired) electrons. The summed E-state index contributed by atoms with van der Waals surface area (Å²) in [5, 5.41) is 0. The van der Waals surface area contributed by atoms with Crippen LogP contribution in [0.4, 0.5) is 10.1 Å². The summed E-state index contributed by atoms with van der Waals surface area (Å²) in [6.07, 6.45) is 3.60. The van der Waals surface area contributed by atoms with E-state index in [0.29, 0.717) is 24.2 Å². The molecule has 1 aromatic carbocycles. The minimum absolute atomic E-state index is 0.166. The number of hydrogen-bond acceptors (Lipinski definition) is 2. The van der Waals surface area contributed by atoms with E-state index in [9.17, 15) is 4.39 Å². The number of alkyl halides is 1. The maximum atomic E-state index is 14.1. The highest BCUT2D eigenvalue weighted by atomic mass is 35.5. The molecule has 2 atom stereocenters. The second kappa shape index (κ2) is 5.06. The van der Waals surface area contributed by atoms with Gasteiger partial charge in [0.1, 0.15) is 5.82 Å². The van der Waals surface area contributed by atoms with Gasteiger partial charge in [-0.15, -0.1) is 11.6 Å². The van der Waals surface area contributed by atoms with E-state index in [1.54, 1.807) is 6.07 Å². The van der Waals surface area contributed by atoms with Crippen molar-refractivity contribution in [1.29, 1.82) is 0 Å². The summed E-state index contributed by atoms with van der Waals surface area (Å²) in [6.45, 7) is 1.43. The minimum Gasteiger partial charge on any atom is -0.374 e. The van der Waals surface area contributed by atoms with Crippen LogP contribution in [0.2, 0.25) is 0 Å². The zero-order valence-corrected chi connectivity index (χ0v) is 11.0. The fourth-order valence-corrected chi connectivity index (χ4v) is 3.41. The lowest BCUT2D eigenvalue weighted by Gasteiger charge is -2.40. The van der Waals surface area contributed by atoms with E-state index in [-0.39, 0.29) is 11.9 Å². The lowest BCUT2D eigenvalue weighted by molar-refractivity contribution is 0.0253. The summed E-state index contributed by atoms with van der Waals surface area (Å²) >= 11 is 5.94. The number of anilines is 1. The van der Waals surface area contributed by atoms with Crippen LogP contribution in [0.15, 0.2) is 18.2 Å². The maximum absolute atomic E-state index is 14.1. The molecule has 98 valence electrons. The van der Waals surface area contributed by atoms with Gasteiger partial charge in [-0.2, -0.15) is 0 Å². The molecule has 1 aliphatic heterocycles. The van der Waals surface area contributed by atoms with Crippen LogP contribution in [-0.4, -0.2) is 25.3 Å². The van der Waals surface area contributed by atoms with E-state index >= 15 is 0 Å². The number of rotatable bonds is 2. The van der Waals surface area contributed by atoms with Gasteiger partial charge in [0.05, 0.1) is 24.4 Å². The number of morpholine rings is 1. The molecule has 1 aliphatic carbocycles. The Bertz CT molecular complexity index is 440. The summed E-state index contributed by atoms with van der Waals surface area (Å²) in [5.41, 5.74) is 1.57. The average Bonchev–Trinajstić information content (AvgIpc) is 2.86. The summed E-state index contributed by atoms with van der Waals surface area (Å²) < 4.78 is 19.9. The van der Waals surface area contributed by atoms with Gasteiger partial charge in [0.2, 0.25) is 0 Å². The van der Waals surface area contributed by atoms with Crippen molar-refractivity contribution in [2.24, 2.45) is 0 Å². The number of para-hydroxylation sites is 1. The van der Waals surface area contributed by atoms with Gasteiger partial charge < -0.3 is 9.64 Å². The van der Waals surface area contributed by atoms with E-state index < -0.39 is 0 Å². The SMILES string of the molecule is Fc1cccc(CCl)c1N1CCOC2CCCC21. The molecule has 0 spiro atoms. The van der Waals surface area contributed by atoms with Gasteiger partial charge in [0, 0.05) is 12.4 Å². The standard InChI is InChI=1S/C14H17ClFNO/c15-9-10-3-1-4-11(16)14(10)17-7-8-18-13-6-2-5-12(13)17/h1,3-4,12-13H,2,5-9H2. The van der Waals surface area contributed by atoms with E-state index in [1.807, 2.05) is 6.07 Å². The predicted octanol–water partition coefficient (Wildman–Crippen LogP) is 3.32. The molecule has 2 fully saturated rings. The monoisotopic (exact) mass is 269 g/mol. The molecule has 0 aromatic heterocycles. The molecule has 1 aromatic rings. The largest absolute Gasteiger partial charge is 0.374 e. The molecule has 0 bridgehead atoms. The predicted molar refractivity (Wildman–Crippen MR) is 70.7 cm³/mol. The summed E-state index contributed by atoms with van der Waals surface area (Å²) in [4.78, 5) is 2.17. The fourth-order valence-electron chi connectivity index (χ4n) is 3.19. The second-order valence-corrected chi connectivity index (χ2v) is 5.25. The van der Waals surface area contributed by atoms with Gasteiger partial charge >= 0.3 is 0 Å². The van der Waals surface area contributed by atoms with Gasteiger partial charge in [0.15, 0.2) is 0 Å². The Kier molecular flexibility index (Phi) is 3.44. The topological polar surface area (TPSA) is 12.5 Å². The molecule has 2 nitrogen and oxygen atoms in total. The Morgan fingerprint density at radius 1 is 1.39 bits per heavy atom. The van der Waals surface area contributed by atoms with Gasteiger partial charge in [-0.25, -0.2) is 4.39 Å². The van der Waals surface area contributed by atoms with Crippen LogP contribution in [0.5, 0.6) is 0 Å². The van der Waals surface area contributed by atoms with Crippen LogP contribution in [-0.2, 0) is 10.6 Å². The molecule has 2 unspecified atom stereocenters. The molecule has 1 saturated carbocycles. The zero-order chi connectivity index (χ0) is 12.5. The number of fused-ring (bicyclic) bond motifs is 1. The molecule has 1 heterocycles. The molecule has 4 heteroatoms. The number of halogens is 2.